The smallest absolute Gasteiger partial charge is 0.0600 e. The molecule has 0 bridgehead atoms. The number of benzene rings is 1. The fraction of sp³-hybridized carbons (Fsp3) is 0.467. The molecule has 1 aromatic carbocycles. The number of fused-ring (bicyclic) bond motifs is 1. The molecule has 96 valence electrons. The van der Waals surface area contributed by atoms with Gasteiger partial charge in [-0.1, -0.05) is 18.2 Å². The Hall–Kier alpha value is -1.48. The van der Waals surface area contributed by atoms with E-state index in [0.29, 0.717) is 0 Å². The Morgan fingerprint density at radius 1 is 1.39 bits per heavy atom. The van der Waals surface area contributed by atoms with E-state index in [-0.39, 0.29) is 0 Å². The summed E-state index contributed by atoms with van der Waals surface area (Å²) in [7, 11) is 2.11. The summed E-state index contributed by atoms with van der Waals surface area (Å²) < 4.78 is 2.19. The highest BCUT2D eigenvalue weighted by molar-refractivity contribution is 5.92. The molecule has 0 radical (unpaired) electrons. The third-order valence-electron chi connectivity index (χ3n) is 3.88. The molecule has 0 spiro atoms. The Labute approximate surface area is 108 Å². The van der Waals surface area contributed by atoms with E-state index in [1.807, 2.05) is 0 Å². The molecule has 2 aromatic rings. The fourth-order valence-electron chi connectivity index (χ4n) is 2.84. The Kier molecular flexibility index (Phi) is 3.24. The normalized spacial score (nSPS) is 20.2. The third-order valence-corrected chi connectivity index (χ3v) is 3.88. The number of rotatable bonds is 3. The lowest BCUT2D eigenvalue weighted by Gasteiger charge is -2.23. The van der Waals surface area contributed by atoms with Crippen LogP contribution in [-0.4, -0.2) is 24.2 Å². The van der Waals surface area contributed by atoms with E-state index >= 15 is 0 Å². The van der Waals surface area contributed by atoms with Crippen LogP contribution in [0.1, 0.15) is 12.8 Å². The molecule has 3 heteroatoms. The lowest BCUT2D eigenvalue weighted by atomic mass is 10.00. The number of anilines is 1. The molecular formula is C15H21N3. The maximum absolute atomic E-state index is 3.62. The maximum Gasteiger partial charge on any atom is 0.0600 e. The first kappa shape index (κ1) is 11.6. The van der Waals surface area contributed by atoms with Crippen molar-refractivity contribution in [3.63, 3.8) is 0 Å². The van der Waals surface area contributed by atoms with E-state index in [1.165, 1.54) is 36.0 Å². The van der Waals surface area contributed by atoms with E-state index in [1.54, 1.807) is 0 Å². The summed E-state index contributed by atoms with van der Waals surface area (Å²) in [5, 5.41) is 8.41. The Balaban J connectivity index is 1.74. The van der Waals surface area contributed by atoms with Crippen LogP contribution in [0.25, 0.3) is 10.9 Å². The van der Waals surface area contributed by atoms with Gasteiger partial charge in [-0.15, -0.1) is 0 Å². The molecule has 3 nitrogen and oxygen atoms in total. The zero-order valence-corrected chi connectivity index (χ0v) is 10.9. The van der Waals surface area contributed by atoms with Gasteiger partial charge in [0, 0.05) is 30.7 Å². The highest BCUT2D eigenvalue weighted by Crippen LogP contribution is 2.25. The summed E-state index contributed by atoms with van der Waals surface area (Å²) in [6.45, 7) is 3.41. The molecule has 0 saturated carbocycles. The Morgan fingerprint density at radius 3 is 3.11 bits per heavy atom. The minimum absolute atomic E-state index is 0.762. The molecular weight excluding hydrogens is 222 g/mol. The molecule has 18 heavy (non-hydrogen) atoms. The van der Waals surface area contributed by atoms with Gasteiger partial charge in [-0.05, 0) is 37.9 Å². The second kappa shape index (κ2) is 5.02. The van der Waals surface area contributed by atoms with Gasteiger partial charge in [0.2, 0.25) is 0 Å². The van der Waals surface area contributed by atoms with Crippen LogP contribution >= 0.6 is 0 Å². The first-order valence-electron chi connectivity index (χ1n) is 6.83. The first-order chi connectivity index (χ1) is 8.84. The molecule has 0 aliphatic carbocycles. The summed E-state index contributed by atoms with van der Waals surface area (Å²) >= 11 is 0. The topological polar surface area (TPSA) is 29.0 Å². The van der Waals surface area contributed by atoms with Crippen molar-refractivity contribution in [1.29, 1.82) is 0 Å². The maximum atomic E-state index is 3.62. The highest BCUT2D eigenvalue weighted by Gasteiger charge is 2.13. The minimum Gasteiger partial charge on any atom is -0.383 e. The molecule has 0 amide bonds. The number of aromatic nitrogens is 1. The number of nitrogens with zero attached hydrogens (tertiary/aromatic N) is 1. The van der Waals surface area contributed by atoms with Gasteiger partial charge >= 0.3 is 0 Å². The first-order valence-corrected chi connectivity index (χ1v) is 6.83. The van der Waals surface area contributed by atoms with E-state index in [4.69, 9.17) is 0 Å². The SMILES string of the molecule is Cn1cc(NCC2CCCNC2)c2ccccc21. The van der Waals surface area contributed by atoms with Gasteiger partial charge in [-0.3, -0.25) is 0 Å². The Bertz CT molecular complexity index is 524. The summed E-state index contributed by atoms with van der Waals surface area (Å²) in [6, 6.07) is 8.56. The van der Waals surface area contributed by atoms with Crippen molar-refractivity contribution < 1.29 is 0 Å². The summed E-state index contributed by atoms with van der Waals surface area (Å²) in [4.78, 5) is 0. The molecule has 1 aliphatic rings. The number of piperidine rings is 1. The van der Waals surface area contributed by atoms with Crippen molar-refractivity contribution in [3.05, 3.63) is 30.5 Å². The quantitative estimate of drug-likeness (QED) is 0.867. The van der Waals surface area contributed by atoms with Crippen LogP contribution in [0.4, 0.5) is 5.69 Å². The van der Waals surface area contributed by atoms with Crippen molar-refractivity contribution in [3.8, 4) is 0 Å². The zero-order valence-electron chi connectivity index (χ0n) is 10.9. The van der Waals surface area contributed by atoms with Crippen molar-refractivity contribution in [2.75, 3.05) is 25.0 Å². The second-order valence-corrected chi connectivity index (χ2v) is 5.26. The van der Waals surface area contributed by atoms with Crippen LogP contribution in [0.2, 0.25) is 0 Å². The van der Waals surface area contributed by atoms with Gasteiger partial charge in [-0.25, -0.2) is 0 Å². The minimum atomic E-state index is 0.762. The average Bonchev–Trinajstić information content (AvgIpc) is 2.75. The van der Waals surface area contributed by atoms with Gasteiger partial charge in [0.05, 0.1) is 5.69 Å². The number of nitrogens with one attached hydrogen (secondary N) is 2. The van der Waals surface area contributed by atoms with Gasteiger partial charge < -0.3 is 15.2 Å². The van der Waals surface area contributed by atoms with Crippen LogP contribution < -0.4 is 10.6 Å². The summed E-state index contributed by atoms with van der Waals surface area (Å²) in [5.41, 5.74) is 2.56. The Morgan fingerprint density at radius 2 is 2.28 bits per heavy atom. The predicted octanol–water partition coefficient (Wildman–Crippen LogP) is 2.59. The van der Waals surface area contributed by atoms with Crippen molar-refractivity contribution in [1.82, 2.24) is 9.88 Å². The van der Waals surface area contributed by atoms with E-state index in [2.05, 4.69) is 52.7 Å². The fourth-order valence-corrected chi connectivity index (χ4v) is 2.84. The van der Waals surface area contributed by atoms with E-state index in [0.717, 1.165) is 19.0 Å². The molecule has 1 unspecified atom stereocenters. The molecule has 2 N–H and O–H groups in total. The standard InChI is InChI=1S/C15H21N3/c1-18-11-14(13-6-2-3-7-15(13)18)17-10-12-5-4-8-16-9-12/h2-3,6-7,11-12,16-17H,4-5,8-10H2,1H3. The molecule has 1 fully saturated rings. The largest absolute Gasteiger partial charge is 0.383 e. The van der Waals surface area contributed by atoms with Crippen LogP contribution in [-0.2, 0) is 7.05 Å². The average molecular weight is 243 g/mol. The molecule has 1 aliphatic heterocycles. The van der Waals surface area contributed by atoms with Gasteiger partial charge in [0.25, 0.3) is 0 Å². The van der Waals surface area contributed by atoms with Crippen molar-refractivity contribution in [2.45, 2.75) is 12.8 Å². The van der Waals surface area contributed by atoms with Crippen LogP contribution in [0, 0.1) is 5.92 Å². The molecule has 1 saturated heterocycles. The van der Waals surface area contributed by atoms with Crippen LogP contribution in [0.5, 0.6) is 0 Å². The van der Waals surface area contributed by atoms with Crippen LogP contribution in [0.3, 0.4) is 0 Å². The van der Waals surface area contributed by atoms with Crippen molar-refractivity contribution >= 4 is 16.6 Å². The predicted molar refractivity (Wildman–Crippen MR) is 77.0 cm³/mol. The van der Waals surface area contributed by atoms with Gasteiger partial charge in [-0.2, -0.15) is 0 Å². The molecule has 1 aromatic heterocycles. The van der Waals surface area contributed by atoms with Gasteiger partial charge in [0.15, 0.2) is 0 Å². The third kappa shape index (κ3) is 2.23. The van der Waals surface area contributed by atoms with E-state index in [9.17, 15) is 0 Å². The van der Waals surface area contributed by atoms with E-state index < -0.39 is 0 Å². The van der Waals surface area contributed by atoms with Crippen LogP contribution in [0.15, 0.2) is 30.5 Å². The monoisotopic (exact) mass is 243 g/mol. The summed E-state index contributed by atoms with van der Waals surface area (Å²) in [6.07, 6.45) is 4.84. The number of para-hydroxylation sites is 1. The molecule has 2 heterocycles. The molecule has 3 rings (SSSR count). The second-order valence-electron chi connectivity index (χ2n) is 5.26. The lowest BCUT2D eigenvalue weighted by molar-refractivity contribution is 0.393. The number of hydrogen-bond acceptors (Lipinski definition) is 2. The summed E-state index contributed by atoms with van der Waals surface area (Å²) in [5.74, 6) is 0.762. The number of hydrogen-bond donors (Lipinski definition) is 2. The lowest BCUT2D eigenvalue weighted by Crippen LogP contribution is -2.33. The zero-order chi connectivity index (χ0) is 12.4. The van der Waals surface area contributed by atoms with Crippen molar-refractivity contribution in [2.24, 2.45) is 13.0 Å². The highest BCUT2D eigenvalue weighted by atomic mass is 15.0. The van der Waals surface area contributed by atoms with Gasteiger partial charge in [0.1, 0.15) is 0 Å². The molecule has 1 atom stereocenters. The number of aryl methyl sites for hydroxylation is 1.